The second-order valence-electron chi connectivity index (χ2n) is 2.72. The molecule has 0 heterocycles. The molecule has 3 N–H and O–H groups in total. The SMILES string of the molecule is C[C@H](C(N)=O)c1cccc(O)c1. The Bertz CT molecular complexity index is 296. The molecular formula is C9H11NO2. The van der Waals surface area contributed by atoms with E-state index in [1.807, 2.05) is 0 Å². The maximum absolute atomic E-state index is 10.8. The van der Waals surface area contributed by atoms with Gasteiger partial charge in [0.25, 0.3) is 0 Å². The fraction of sp³-hybridized carbons (Fsp3) is 0.222. The van der Waals surface area contributed by atoms with Crippen LogP contribution in [0.5, 0.6) is 5.75 Å². The van der Waals surface area contributed by atoms with Gasteiger partial charge in [-0.3, -0.25) is 4.79 Å². The third-order valence-electron chi connectivity index (χ3n) is 1.80. The van der Waals surface area contributed by atoms with Crippen molar-refractivity contribution in [2.45, 2.75) is 12.8 Å². The molecule has 0 aliphatic carbocycles. The number of hydrogen-bond acceptors (Lipinski definition) is 2. The minimum absolute atomic E-state index is 0.153. The monoisotopic (exact) mass is 165 g/mol. The van der Waals surface area contributed by atoms with Crippen molar-refractivity contribution in [3.63, 3.8) is 0 Å². The van der Waals surface area contributed by atoms with E-state index in [2.05, 4.69) is 0 Å². The highest BCUT2D eigenvalue weighted by Crippen LogP contribution is 2.18. The van der Waals surface area contributed by atoms with Gasteiger partial charge < -0.3 is 10.8 Å². The molecule has 1 aromatic rings. The second kappa shape index (κ2) is 3.26. The van der Waals surface area contributed by atoms with Crippen LogP contribution in [0.4, 0.5) is 0 Å². The van der Waals surface area contributed by atoms with Crippen molar-refractivity contribution < 1.29 is 9.90 Å². The summed E-state index contributed by atoms with van der Waals surface area (Å²) in [6.45, 7) is 1.71. The van der Waals surface area contributed by atoms with Gasteiger partial charge in [-0.25, -0.2) is 0 Å². The quantitative estimate of drug-likeness (QED) is 0.686. The number of carbonyl (C=O) groups excluding carboxylic acids is 1. The Kier molecular flexibility index (Phi) is 2.33. The first-order valence-electron chi connectivity index (χ1n) is 3.69. The van der Waals surface area contributed by atoms with E-state index in [-0.39, 0.29) is 17.6 Å². The van der Waals surface area contributed by atoms with Gasteiger partial charge in [-0.05, 0) is 24.6 Å². The van der Waals surface area contributed by atoms with Crippen LogP contribution >= 0.6 is 0 Å². The Balaban J connectivity index is 2.95. The predicted octanol–water partition coefficient (Wildman–Crippen LogP) is 0.981. The molecule has 0 radical (unpaired) electrons. The zero-order valence-corrected chi connectivity index (χ0v) is 6.82. The maximum atomic E-state index is 10.8. The average molecular weight is 165 g/mol. The molecule has 0 unspecified atom stereocenters. The first kappa shape index (κ1) is 8.59. The zero-order valence-electron chi connectivity index (χ0n) is 6.82. The van der Waals surface area contributed by atoms with Gasteiger partial charge in [0.05, 0.1) is 5.92 Å². The van der Waals surface area contributed by atoms with Gasteiger partial charge in [-0.1, -0.05) is 12.1 Å². The molecule has 12 heavy (non-hydrogen) atoms. The molecule has 0 spiro atoms. The predicted molar refractivity (Wildman–Crippen MR) is 45.7 cm³/mol. The Morgan fingerprint density at radius 2 is 2.25 bits per heavy atom. The molecule has 1 amide bonds. The minimum Gasteiger partial charge on any atom is -0.508 e. The first-order chi connectivity index (χ1) is 5.61. The molecule has 0 bridgehead atoms. The van der Waals surface area contributed by atoms with Crippen molar-refractivity contribution in [2.75, 3.05) is 0 Å². The number of benzene rings is 1. The van der Waals surface area contributed by atoms with Crippen LogP contribution in [-0.2, 0) is 4.79 Å². The van der Waals surface area contributed by atoms with E-state index < -0.39 is 0 Å². The number of hydrogen-bond donors (Lipinski definition) is 2. The molecule has 0 saturated carbocycles. The molecule has 1 rings (SSSR count). The lowest BCUT2D eigenvalue weighted by Gasteiger charge is -2.06. The summed E-state index contributed by atoms with van der Waals surface area (Å²) in [7, 11) is 0. The second-order valence-corrected chi connectivity index (χ2v) is 2.72. The van der Waals surface area contributed by atoms with E-state index in [0.29, 0.717) is 0 Å². The zero-order chi connectivity index (χ0) is 9.14. The van der Waals surface area contributed by atoms with Crippen molar-refractivity contribution in [3.8, 4) is 5.75 Å². The van der Waals surface area contributed by atoms with Crippen LogP contribution in [0.1, 0.15) is 18.4 Å². The standard InChI is InChI=1S/C9H11NO2/c1-6(9(10)12)7-3-2-4-8(11)5-7/h2-6,11H,1H3,(H2,10,12)/t6-/m0/s1. The van der Waals surface area contributed by atoms with E-state index in [4.69, 9.17) is 10.8 Å². The van der Waals surface area contributed by atoms with Crippen molar-refractivity contribution >= 4 is 5.91 Å². The van der Waals surface area contributed by atoms with E-state index in [1.54, 1.807) is 25.1 Å². The number of aromatic hydroxyl groups is 1. The Morgan fingerprint density at radius 1 is 1.58 bits per heavy atom. The molecule has 0 aromatic heterocycles. The Labute approximate surface area is 70.8 Å². The van der Waals surface area contributed by atoms with Gasteiger partial charge in [0.2, 0.25) is 5.91 Å². The van der Waals surface area contributed by atoms with Crippen molar-refractivity contribution in [2.24, 2.45) is 5.73 Å². The fourth-order valence-electron chi connectivity index (χ4n) is 0.958. The third-order valence-corrected chi connectivity index (χ3v) is 1.80. The molecule has 3 nitrogen and oxygen atoms in total. The van der Waals surface area contributed by atoms with Crippen LogP contribution in [0.25, 0.3) is 0 Å². The molecule has 0 aliphatic heterocycles. The lowest BCUT2D eigenvalue weighted by atomic mass is 10.0. The topological polar surface area (TPSA) is 63.3 Å². The van der Waals surface area contributed by atoms with Crippen molar-refractivity contribution in [3.05, 3.63) is 29.8 Å². The van der Waals surface area contributed by atoms with E-state index in [9.17, 15) is 4.79 Å². The summed E-state index contributed by atoms with van der Waals surface area (Å²) >= 11 is 0. The Morgan fingerprint density at radius 3 is 2.75 bits per heavy atom. The average Bonchev–Trinajstić information content (AvgIpc) is 2.03. The molecule has 64 valence electrons. The highest BCUT2D eigenvalue weighted by atomic mass is 16.3. The van der Waals surface area contributed by atoms with Gasteiger partial charge in [0, 0.05) is 0 Å². The number of primary amides is 1. The molecule has 0 saturated heterocycles. The number of amides is 1. The molecule has 1 atom stereocenters. The van der Waals surface area contributed by atoms with Crippen LogP contribution in [0.2, 0.25) is 0 Å². The number of rotatable bonds is 2. The number of nitrogens with two attached hydrogens (primary N) is 1. The summed E-state index contributed by atoms with van der Waals surface area (Å²) in [5, 5.41) is 9.09. The summed E-state index contributed by atoms with van der Waals surface area (Å²) in [4.78, 5) is 10.8. The normalized spacial score (nSPS) is 12.4. The van der Waals surface area contributed by atoms with Crippen molar-refractivity contribution in [1.82, 2.24) is 0 Å². The first-order valence-corrected chi connectivity index (χ1v) is 3.69. The lowest BCUT2D eigenvalue weighted by Crippen LogP contribution is -2.18. The number of carbonyl (C=O) groups is 1. The van der Waals surface area contributed by atoms with Gasteiger partial charge >= 0.3 is 0 Å². The van der Waals surface area contributed by atoms with Gasteiger partial charge in [-0.15, -0.1) is 0 Å². The van der Waals surface area contributed by atoms with Crippen LogP contribution in [0, 0.1) is 0 Å². The summed E-state index contributed by atoms with van der Waals surface area (Å²) in [6, 6.07) is 6.53. The summed E-state index contributed by atoms with van der Waals surface area (Å²) in [5.41, 5.74) is 5.84. The van der Waals surface area contributed by atoms with Crippen LogP contribution in [0.15, 0.2) is 24.3 Å². The van der Waals surface area contributed by atoms with Crippen LogP contribution in [-0.4, -0.2) is 11.0 Å². The highest BCUT2D eigenvalue weighted by Gasteiger charge is 2.10. The van der Waals surface area contributed by atoms with Gasteiger partial charge in [-0.2, -0.15) is 0 Å². The molecule has 0 fully saturated rings. The lowest BCUT2D eigenvalue weighted by molar-refractivity contribution is -0.119. The van der Waals surface area contributed by atoms with Gasteiger partial charge in [0.1, 0.15) is 5.75 Å². The van der Waals surface area contributed by atoms with Crippen LogP contribution in [0.3, 0.4) is 0 Å². The largest absolute Gasteiger partial charge is 0.508 e. The van der Waals surface area contributed by atoms with E-state index in [0.717, 1.165) is 5.56 Å². The number of phenolic OH excluding ortho intramolecular Hbond substituents is 1. The summed E-state index contributed by atoms with van der Waals surface area (Å²) in [5.74, 6) is -0.585. The van der Waals surface area contributed by atoms with Crippen LogP contribution < -0.4 is 5.73 Å². The van der Waals surface area contributed by atoms with Gasteiger partial charge in [0.15, 0.2) is 0 Å². The molecule has 1 aromatic carbocycles. The van der Waals surface area contributed by atoms with E-state index in [1.165, 1.54) is 6.07 Å². The third kappa shape index (κ3) is 1.75. The minimum atomic E-state index is -0.388. The smallest absolute Gasteiger partial charge is 0.224 e. The fourth-order valence-corrected chi connectivity index (χ4v) is 0.958. The van der Waals surface area contributed by atoms with Crippen molar-refractivity contribution in [1.29, 1.82) is 0 Å². The molecular weight excluding hydrogens is 154 g/mol. The van der Waals surface area contributed by atoms with E-state index >= 15 is 0 Å². The number of phenols is 1. The maximum Gasteiger partial charge on any atom is 0.224 e. The molecule has 3 heteroatoms. The Hall–Kier alpha value is -1.51. The molecule has 0 aliphatic rings. The summed E-state index contributed by atoms with van der Waals surface area (Å²) in [6.07, 6.45) is 0. The highest BCUT2D eigenvalue weighted by molar-refractivity contribution is 5.81. The summed E-state index contributed by atoms with van der Waals surface area (Å²) < 4.78 is 0.